The molecule has 2 amide bonds. The van der Waals surface area contributed by atoms with E-state index in [0.717, 1.165) is 28.7 Å². The molecule has 0 aromatic heterocycles. The Morgan fingerprint density at radius 1 is 1.03 bits per heavy atom. The zero-order valence-corrected chi connectivity index (χ0v) is 19.2. The van der Waals surface area contributed by atoms with E-state index in [1.54, 1.807) is 0 Å². The number of carbonyl (C=O) groups excluding carboxylic acids is 2. The van der Waals surface area contributed by atoms with Gasteiger partial charge in [-0.2, -0.15) is 0 Å². The van der Waals surface area contributed by atoms with Crippen molar-refractivity contribution in [3.63, 3.8) is 0 Å². The first-order chi connectivity index (χ1) is 16.5. The molecule has 8 nitrogen and oxygen atoms in total. The lowest BCUT2D eigenvalue weighted by Gasteiger charge is -2.21. The zero-order valence-electron chi connectivity index (χ0n) is 19.2. The predicted molar refractivity (Wildman–Crippen MR) is 125 cm³/mol. The Morgan fingerprint density at radius 3 is 2.29 bits per heavy atom. The van der Waals surface area contributed by atoms with Gasteiger partial charge in [0.25, 0.3) is 0 Å². The number of hydrogen-bond acceptors (Lipinski definition) is 5. The summed E-state index contributed by atoms with van der Waals surface area (Å²) < 4.78 is 10.7. The summed E-state index contributed by atoms with van der Waals surface area (Å²) in [7, 11) is 1.46. The number of rotatable bonds is 9. The number of benzene rings is 2. The third-order valence-corrected chi connectivity index (χ3v) is 6.64. The van der Waals surface area contributed by atoms with Crippen LogP contribution in [0, 0.1) is 5.92 Å². The first kappa shape index (κ1) is 23.8. The van der Waals surface area contributed by atoms with Crippen LogP contribution in [0.1, 0.15) is 42.7 Å². The lowest BCUT2D eigenvalue weighted by molar-refractivity contribution is -0.138. The summed E-state index contributed by atoms with van der Waals surface area (Å²) in [5, 5.41) is 14.5. The molecule has 0 heterocycles. The van der Waals surface area contributed by atoms with Crippen molar-refractivity contribution in [2.75, 3.05) is 20.3 Å². The number of fused-ring (bicyclic) bond motifs is 3. The van der Waals surface area contributed by atoms with Gasteiger partial charge in [0.1, 0.15) is 12.6 Å². The van der Waals surface area contributed by atoms with Crippen molar-refractivity contribution in [1.82, 2.24) is 10.6 Å². The van der Waals surface area contributed by atoms with E-state index in [1.807, 2.05) is 36.4 Å². The van der Waals surface area contributed by atoms with Gasteiger partial charge in [0.15, 0.2) is 0 Å². The summed E-state index contributed by atoms with van der Waals surface area (Å²) in [4.78, 5) is 36.3. The first-order valence-corrected chi connectivity index (χ1v) is 11.6. The third-order valence-electron chi connectivity index (χ3n) is 6.64. The van der Waals surface area contributed by atoms with E-state index in [9.17, 15) is 14.4 Å². The number of methoxy groups -OCH3 is 1. The fourth-order valence-electron chi connectivity index (χ4n) is 5.07. The Hall–Kier alpha value is -3.39. The molecule has 3 atom stereocenters. The van der Waals surface area contributed by atoms with Gasteiger partial charge >= 0.3 is 12.1 Å². The highest BCUT2D eigenvalue weighted by Gasteiger charge is 2.32. The Labute approximate surface area is 198 Å². The van der Waals surface area contributed by atoms with E-state index in [0.29, 0.717) is 12.8 Å². The van der Waals surface area contributed by atoms with E-state index in [1.165, 1.54) is 7.11 Å². The van der Waals surface area contributed by atoms with Gasteiger partial charge in [0.05, 0.1) is 6.61 Å². The van der Waals surface area contributed by atoms with Gasteiger partial charge in [-0.05, 0) is 47.4 Å². The van der Waals surface area contributed by atoms with Gasteiger partial charge in [-0.1, -0.05) is 48.5 Å². The fourth-order valence-corrected chi connectivity index (χ4v) is 5.07. The minimum atomic E-state index is -0.904. The molecule has 0 bridgehead atoms. The summed E-state index contributed by atoms with van der Waals surface area (Å²) in [6.45, 7) is 0.155. The van der Waals surface area contributed by atoms with Crippen molar-refractivity contribution >= 4 is 18.0 Å². The normalized spacial score (nSPS) is 19.7. The average molecular weight is 467 g/mol. The molecule has 2 aromatic rings. The number of aliphatic carboxylic acids is 1. The van der Waals surface area contributed by atoms with Crippen molar-refractivity contribution in [1.29, 1.82) is 0 Å². The van der Waals surface area contributed by atoms with Crippen LogP contribution in [0.15, 0.2) is 48.5 Å². The number of alkyl carbamates (subject to hydrolysis) is 1. The molecule has 0 aliphatic heterocycles. The molecule has 0 radical (unpaired) electrons. The molecule has 2 aliphatic carbocycles. The maximum atomic E-state index is 12.8. The molecule has 2 aromatic carbocycles. The minimum Gasteiger partial charge on any atom is -0.481 e. The minimum absolute atomic E-state index is 0.00129. The van der Waals surface area contributed by atoms with Crippen molar-refractivity contribution in [3.8, 4) is 11.1 Å². The summed E-state index contributed by atoms with van der Waals surface area (Å²) in [6.07, 6.45) is 1.50. The Morgan fingerprint density at radius 2 is 1.68 bits per heavy atom. The third kappa shape index (κ3) is 5.39. The van der Waals surface area contributed by atoms with Crippen LogP contribution < -0.4 is 10.6 Å². The predicted octanol–water partition coefficient (Wildman–Crippen LogP) is 3.30. The molecule has 3 unspecified atom stereocenters. The van der Waals surface area contributed by atoms with Crippen LogP contribution in [0.5, 0.6) is 0 Å². The van der Waals surface area contributed by atoms with E-state index in [2.05, 4.69) is 22.8 Å². The average Bonchev–Trinajstić information content (AvgIpc) is 3.38. The van der Waals surface area contributed by atoms with Gasteiger partial charge in [-0.25, -0.2) is 4.79 Å². The zero-order chi connectivity index (χ0) is 24.1. The summed E-state index contributed by atoms with van der Waals surface area (Å²) in [6, 6.07) is 15.1. The van der Waals surface area contributed by atoms with Gasteiger partial charge in [-0.3, -0.25) is 9.59 Å². The van der Waals surface area contributed by atoms with Gasteiger partial charge in [-0.15, -0.1) is 0 Å². The molecular formula is C26H30N2O6. The molecule has 34 heavy (non-hydrogen) atoms. The molecule has 1 saturated carbocycles. The van der Waals surface area contributed by atoms with Crippen molar-refractivity contribution < 1.29 is 29.0 Å². The number of ether oxygens (including phenoxy) is 2. The Kier molecular flexibility index (Phi) is 7.47. The van der Waals surface area contributed by atoms with E-state index >= 15 is 0 Å². The molecule has 0 saturated heterocycles. The van der Waals surface area contributed by atoms with Gasteiger partial charge in [0, 0.05) is 25.5 Å². The summed E-state index contributed by atoms with van der Waals surface area (Å²) in [5.74, 6) is -1.21. The van der Waals surface area contributed by atoms with Crippen molar-refractivity contribution in [2.45, 2.75) is 43.7 Å². The molecule has 0 spiro atoms. The highest BCUT2D eigenvalue weighted by molar-refractivity contribution is 5.86. The number of carbonyl (C=O) groups is 3. The smallest absolute Gasteiger partial charge is 0.407 e. The van der Waals surface area contributed by atoms with Crippen LogP contribution in [0.2, 0.25) is 0 Å². The Bertz CT molecular complexity index is 1010. The monoisotopic (exact) mass is 466 g/mol. The molecule has 2 aliphatic rings. The van der Waals surface area contributed by atoms with Crippen LogP contribution in [0.25, 0.3) is 11.1 Å². The molecule has 4 rings (SSSR count). The van der Waals surface area contributed by atoms with Crippen LogP contribution >= 0.6 is 0 Å². The van der Waals surface area contributed by atoms with Crippen molar-refractivity contribution in [3.05, 3.63) is 59.7 Å². The van der Waals surface area contributed by atoms with Crippen LogP contribution in [0.3, 0.4) is 0 Å². The highest BCUT2D eigenvalue weighted by atomic mass is 16.5. The second kappa shape index (κ2) is 10.7. The first-order valence-electron chi connectivity index (χ1n) is 11.6. The summed E-state index contributed by atoms with van der Waals surface area (Å²) in [5.41, 5.74) is 4.50. The fraction of sp³-hybridized carbons (Fsp3) is 0.423. The van der Waals surface area contributed by atoms with Crippen LogP contribution in [-0.4, -0.2) is 55.5 Å². The van der Waals surface area contributed by atoms with Crippen LogP contribution in [0.4, 0.5) is 4.79 Å². The van der Waals surface area contributed by atoms with Gasteiger partial charge < -0.3 is 25.2 Å². The standard InChI is InChI=1S/C26H30N2O6/c1-33-15-23(25(31)27-17-11-10-16(12-17)13-24(29)30)28-26(32)34-14-22-20-8-4-2-6-18(20)19-7-3-5-9-21(19)22/h2-9,16-17,22-23H,10-15H2,1H3,(H,27,31)(H,28,32)(H,29,30). The number of carboxylic acid groups (broad SMARTS) is 1. The topological polar surface area (TPSA) is 114 Å². The summed E-state index contributed by atoms with van der Waals surface area (Å²) >= 11 is 0. The number of amides is 2. The van der Waals surface area contributed by atoms with Crippen molar-refractivity contribution in [2.24, 2.45) is 5.92 Å². The van der Waals surface area contributed by atoms with Gasteiger partial charge in [0.2, 0.25) is 5.91 Å². The second-order valence-electron chi connectivity index (χ2n) is 8.96. The SMILES string of the molecule is COCC(NC(=O)OCC1c2ccccc2-c2ccccc21)C(=O)NC1CCC(CC(=O)O)C1. The largest absolute Gasteiger partial charge is 0.481 e. The molecule has 180 valence electrons. The highest BCUT2D eigenvalue weighted by Crippen LogP contribution is 2.44. The Balaban J connectivity index is 1.33. The number of carboxylic acids is 1. The quantitative estimate of drug-likeness (QED) is 0.523. The molecule has 1 fully saturated rings. The maximum absolute atomic E-state index is 12.8. The lowest BCUT2D eigenvalue weighted by atomic mass is 9.98. The molecule has 3 N–H and O–H groups in total. The maximum Gasteiger partial charge on any atom is 0.407 e. The van der Waals surface area contributed by atoms with E-state index in [-0.39, 0.29) is 43.4 Å². The van der Waals surface area contributed by atoms with E-state index < -0.39 is 18.1 Å². The molecule has 8 heteroatoms. The second-order valence-corrected chi connectivity index (χ2v) is 8.96. The van der Waals surface area contributed by atoms with Crippen LogP contribution in [-0.2, 0) is 19.1 Å². The number of nitrogens with one attached hydrogen (secondary N) is 2. The van der Waals surface area contributed by atoms with E-state index in [4.69, 9.17) is 14.6 Å². The molecular weight excluding hydrogens is 436 g/mol. The lowest BCUT2D eigenvalue weighted by Crippen LogP contribution is -2.51. The number of hydrogen-bond donors (Lipinski definition) is 3.